The number of imidazole rings is 1. The maximum absolute atomic E-state index is 6.22. The third-order valence-electron chi connectivity index (χ3n) is 4.98. The maximum Gasteiger partial charge on any atom is 0.127 e. The molecule has 1 saturated heterocycles. The molecule has 2 aromatic carbocycles. The van der Waals surface area contributed by atoms with Crippen LogP contribution in [0.3, 0.4) is 0 Å². The van der Waals surface area contributed by atoms with Crippen LogP contribution in [-0.4, -0.2) is 40.8 Å². The summed E-state index contributed by atoms with van der Waals surface area (Å²) in [5, 5.41) is 1.16. The summed E-state index contributed by atoms with van der Waals surface area (Å²) in [6, 6.07) is 14.3. The fourth-order valence-electron chi connectivity index (χ4n) is 3.53. The lowest BCUT2D eigenvalue weighted by Gasteiger charge is -2.32. The molecule has 26 heavy (non-hydrogen) atoms. The minimum Gasteiger partial charge on any atom is -0.379 e. The summed E-state index contributed by atoms with van der Waals surface area (Å²) < 4.78 is 7.79. The van der Waals surface area contributed by atoms with Crippen LogP contribution in [0.5, 0.6) is 0 Å². The second-order valence-corrected chi connectivity index (χ2v) is 7.43. The maximum atomic E-state index is 6.22. The summed E-state index contributed by atoms with van der Waals surface area (Å²) >= 11 is 12.3. The summed E-state index contributed by atoms with van der Waals surface area (Å²) in [4.78, 5) is 7.37. The van der Waals surface area contributed by atoms with E-state index in [4.69, 9.17) is 32.9 Å². The number of fused-ring (bicyclic) bond motifs is 1. The zero-order valence-corrected chi connectivity index (χ0v) is 16.2. The molecule has 1 unspecified atom stereocenters. The van der Waals surface area contributed by atoms with Gasteiger partial charge in [-0.1, -0.05) is 41.4 Å². The molecule has 6 heteroatoms. The van der Waals surface area contributed by atoms with Crippen LogP contribution in [0.15, 0.2) is 42.5 Å². The highest BCUT2D eigenvalue weighted by Gasteiger charge is 2.24. The number of nitrogens with zero attached hydrogens (tertiary/aromatic N) is 3. The van der Waals surface area contributed by atoms with Crippen LogP contribution in [0.2, 0.25) is 10.0 Å². The molecule has 0 saturated carbocycles. The van der Waals surface area contributed by atoms with Gasteiger partial charge in [0.15, 0.2) is 0 Å². The molecule has 1 aliphatic heterocycles. The van der Waals surface area contributed by atoms with Gasteiger partial charge in [-0.25, -0.2) is 4.98 Å². The fraction of sp³-hybridized carbons (Fsp3) is 0.350. The van der Waals surface area contributed by atoms with Crippen molar-refractivity contribution in [2.75, 3.05) is 26.3 Å². The lowest BCUT2D eigenvalue weighted by atomic mass is 10.2. The quantitative estimate of drug-likeness (QED) is 0.642. The van der Waals surface area contributed by atoms with Gasteiger partial charge in [-0.2, -0.15) is 0 Å². The van der Waals surface area contributed by atoms with Crippen LogP contribution in [-0.2, 0) is 11.3 Å². The van der Waals surface area contributed by atoms with Crippen molar-refractivity contribution < 1.29 is 4.74 Å². The molecule has 3 aromatic rings. The summed E-state index contributed by atoms with van der Waals surface area (Å²) in [5.74, 6) is 1.07. The summed E-state index contributed by atoms with van der Waals surface area (Å²) in [6.45, 7) is 6.34. The number of benzene rings is 2. The minimum atomic E-state index is 0.217. The van der Waals surface area contributed by atoms with Gasteiger partial charge in [0.2, 0.25) is 0 Å². The Bertz CT molecular complexity index is 919. The number of hydrogen-bond acceptors (Lipinski definition) is 3. The number of halogens is 2. The van der Waals surface area contributed by atoms with Crippen LogP contribution < -0.4 is 0 Å². The highest BCUT2D eigenvalue weighted by Crippen LogP contribution is 2.28. The van der Waals surface area contributed by atoms with Gasteiger partial charge in [0.05, 0.1) is 40.3 Å². The van der Waals surface area contributed by atoms with Crippen molar-refractivity contribution in [2.45, 2.75) is 19.5 Å². The number of morpholine rings is 1. The Morgan fingerprint density at radius 2 is 1.85 bits per heavy atom. The number of hydrogen-bond donors (Lipinski definition) is 0. The third kappa shape index (κ3) is 3.47. The van der Waals surface area contributed by atoms with E-state index in [0.717, 1.165) is 48.7 Å². The second-order valence-electron chi connectivity index (χ2n) is 6.62. The molecule has 1 fully saturated rings. The van der Waals surface area contributed by atoms with E-state index in [0.29, 0.717) is 16.6 Å². The van der Waals surface area contributed by atoms with E-state index in [1.54, 1.807) is 0 Å². The predicted molar refractivity (Wildman–Crippen MR) is 106 cm³/mol. The number of ether oxygens (including phenoxy) is 1. The van der Waals surface area contributed by atoms with Crippen molar-refractivity contribution in [1.82, 2.24) is 14.5 Å². The molecule has 0 bridgehead atoms. The molecule has 0 aliphatic carbocycles. The number of rotatable bonds is 4. The molecule has 1 aromatic heterocycles. The summed E-state index contributed by atoms with van der Waals surface area (Å²) in [6.07, 6.45) is 0. The van der Waals surface area contributed by atoms with Crippen LogP contribution in [0.25, 0.3) is 11.0 Å². The van der Waals surface area contributed by atoms with E-state index < -0.39 is 0 Å². The average molecular weight is 390 g/mol. The first kappa shape index (κ1) is 17.8. The Morgan fingerprint density at radius 1 is 1.08 bits per heavy atom. The Balaban J connectivity index is 1.74. The largest absolute Gasteiger partial charge is 0.379 e. The molecule has 136 valence electrons. The van der Waals surface area contributed by atoms with E-state index in [9.17, 15) is 0 Å². The van der Waals surface area contributed by atoms with E-state index in [-0.39, 0.29) is 6.04 Å². The van der Waals surface area contributed by atoms with E-state index in [1.807, 2.05) is 24.3 Å². The topological polar surface area (TPSA) is 30.3 Å². The lowest BCUT2D eigenvalue weighted by molar-refractivity contribution is 0.0177. The highest BCUT2D eigenvalue weighted by atomic mass is 35.5. The van der Waals surface area contributed by atoms with Crippen molar-refractivity contribution in [3.63, 3.8) is 0 Å². The van der Waals surface area contributed by atoms with Crippen molar-refractivity contribution >= 4 is 34.2 Å². The monoisotopic (exact) mass is 389 g/mol. The third-order valence-corrected chi connectivity index (χ3v) is 5.71. The van der Waals surface area contributed by atoms with Crippen molar-refractivity contribution in [3.8, 4) is 0 Å². The Morgan fingerprint density at radius 3 is 2.62 bits per heavy atom. The van der Waals surface area contributed by atoms with Gasteiger partial charge in [0, 0.05) is 19.6 Å². The van der Waals surface area contributed by atoms with Gasteiger partial charge in [-0.15, -0.1) is 0 Å². The van der Waals surface area contributed by atoms with Crippen LogP contribution in [0.1, 0.15) is 24.4 Å². The van der Waals surface area contributed by atoms with Crippen LogP contribution >= 0.6 is 23.2 Å². The smallest absolute Gasteiger partial charge is 0.127 e. The molecule has 0 amide bonds. The Labute approximate surface area is 163 Å². The van der Waals surface area contributed by atoms with E-state index >= 15 is 0 Å². The van der Waals surface area contributed by atoms with E-state index in [2.05, 4.69) is 34.6 Å². The lowest BCUT2D eigenvalue weighted by Crippen LogP contribution is -2.39. The van der Waals surface area contributed by atoms with Crippen molar-refractivity contribution in [2.24, 2.45) is 0 Å². The molecule has 1 atom stereocenters. The highest BCUT2D eigenvalue weighted by molar-refractivity contribution is 6.42. The standard InChI is InChI=1S/C20H21Cl2N3O/c1-14(24-8-10-26-11-9-24)20-23-18-4-2-3-5-19(18)25(20)13-15-6-7-16(21)17(22)12-15/h2-7,12,14H,8-11,13H2,1H3. The van der Waals surface area contributed by atoms with Gasteiger partial charge in [0.1, 0.15) is 5.82 Å². The van der Waals surface area contributed by atoms with Gasteiger partial charge in [-0.3, -0.25) is 4.90 Å². The molecule has 0 radical (unpaired) electrons. The normalized spacial score (nSPS) is 16.9. The van der Waals surface area contributed by atoms with Crippen molar-refractivity contribution in [3.05, 3.63) is 63.9 Å². The molecular formula is C20H21Cl2N3O. The number of para-hydroxylation sites is 2. The average Bonchev–Trinajstić information content (AvgIpc) is 3.03. The molecular weight excluding hydrogens is 369 g/mol. The van der Waals surface area contributed by atoms with Crippen LogP contribution in [0, 0.1) is 0 Å². The van der Waals surface area contributed by atoms with Crippen LogP contribution in [0.4, 0.5) is 0 Å². The first-order chi connectivity index (χ1) is 12.6. The molecule has 4 rings (SSSR count). The summed E-state index contributed by atoms with van der Waals surface area (Å²) in [5.41, 5.74) is 3.26. The number of aromatic nitrogens is 2. The molecule has 4 nitrogen and oxygen atoms in total. The molecule has 0 N–H and O–H groups in total. The van der Waals surface area contributed by atoms with Gasteiger partial charge < -0.3 is 9.30 Å². The molecule has 0 spiro atoms. The second kappa shape index (κ2) is 7.57. The van der Waals surface area contributed by atoms with Gasteiger partial charge in [0.25, 0.3) is 0 Å². The molecule has 1 aliphatic rings. The zero-order chi connectivity index (χ0) is 18.1. The predicted octanol–water partition coefficient (Wildman–Crippen LogP) is 4.78. The molecule has 2 heterocycles. The van der Waals surface area contributed by atoms with Gasteiger partial charge >= 0.3 is 0 Å². The van der Waals surface area contributed by atoms with E-state index in [1.165, 1.54) is 0 Å². The van der Waals surface area contributed by atoms with Gasteiger partial charge in [-0.05, 0) is 36.8 Å². The minimum absolute atomic E-state index is 0.217. The first-order valence-corrected chi connectivity index (χ1v) is 9.60. The first-order valence-electron chi connectivity index (χ1n) is 8.84. The zero-order valence-electron chi connectivity index (χ0n) is 14.7. The Hall–Kier alpha value is -1.59. The summed E-state index contributed by atoms with van der Waals surface area (Å²) in [7, 11) is 0. The Kier molecular flexibility index (Phi) is 5.18. The van der Waals surface area contributed by atoms with Crippen molar-refractivity contribution in [1.29, 1.82) is 0 Å². The SMILES string of the molecule is CC(c1nc2ccccc2n1Cc1ccc(Cl)c(Cl)c1)N1CCOCC1. The fourth-order valence-corrected chi connectivity index (χ4v) is 3.85.